The standard InChI is InChI=1S/C32H29F3N6O2/c1-38-19-36-25-15-22(9-11-26(25)38)41-30(23-10-8-21(14-24(23)33)40-13-12-32(34,35)18-40)28-27(39(2)37-29(28)31(41)42)17-43-16-20-6-4-3-5-7-20/h3-11,14-15,19,30H,12-13,16-18H2,1-2H3. The molecule has 2 aromatic heterocycles. The van der Waals surface area contributed by atoms with Crippen molar-refractivity contribution in [3.63, 3.8) is 0 Å². The summed E-state index contributed by atoms with van der Waals surface area (Å²) < 4.78 is 53.5. The molecule has 1 atom stereocenters. The van der Waals surface area contributed by atoms with Crippen molar-refractivity contribution in [2.45, 2.75) is 31.6 Å². The molecular weight excluding hydrogens is 557 g/mol. The number of rotatable bonds is 7. The highest BCUT2D eigenvalue weighted by Gasteiger charge is 2.45. The molecule has 0 aliphatic carbocycles. The number of carbonyl (C=O) groups excluding carboxylic acids is 1. The van der Waals surface area contributed by atoms with Crippen molar-refractivity contribution in [2.24, 2.45) is 14.1 Å². The molecular formula is C32H29F3N6O2. The minimum Gasteiger partial charge on any atom is -0.370 e. The number of hydrogen-bond donors (Lipinski definition) is 0. The minimum absolute atomic E-state index is 0.138. The monoisotopic (exact) mass is 586 g/mol. The predicted octanol–water partition coefficient (Wildman–Crippen LogP) is 5.76. The van der Waals surface area contributed by atoms with Gasteiger partial charge < -0.3 is 14.2 Å². The maximum absolute atomic E-state index is 16.1. The minimum atomic E-state index is -2.81. The van der Waals surface area contributed by atoms with Crippen LogP contribution in [0, 0.1) is 5.82 Å². The van der Waals surface area contributed by atoms with Gasteiger partial charge in [0.1, 0.15) is 5.82 Å². The molecule has 0 N–H and O–H groups in total. The molecule has 7 rings (SSSR count). The van der Waals surface area contributed by atoms with E-state index in [0.29, 0.717) is 34.8 Å². The lowest BCUT2D eigenvalue weighted by Gasteiger charge is -2.28. The normalized spacial score (nSPS) is 17.8. The summed E-state index contributed by atoms with van der Waals surface area (Å²) in [5, 5.41) is 4.55. The summed E-state index contributed by atoms with van der Waals surface area (Å²) in [4.78, 5) is 21.5. The van der Waals surface area contributed by atoms with Crippen LogP contribution in [0.15, 0.2) is 73.1 Å². The summed E-state index contributed by atoms with van der Waals surface area (Å²) in [7, 11) is 3.62. The van der Waals surface area contributed by atoms with Crippen LogP contribution in [0.5, 0.6) is 0 Å². The average Bonchev–Trinajstić information content (AvgIpc) is 3.72. The Morgan fingerprint density at radius 2 is 1.79 bits per heavy atom. The third-order valence-electron chi connectivity index (χ3n) is 8.31. The maximum atomic E-state index is 16.1. The lowest BCUT2D eigenvalue weighted by atomic mass is 9.97. The quantitative estimate of drug-likeness (QED) is 0.243. The molecule has 1 saturated heterocycles. The summed E-state index contributed by atoms with van der Waals surface area (Å²) >= 11 is 0. The number of fused-ring (bicyclic) bond motifs is 2. The lowest BCUT2D eigenvalue weighted by molar-refractivity contribution is 0.0257. The van der Waals surface area contributed by atoms with E-state index >= 15 is 4.39 Å². The van der Waals surface area contributed by atoms with Gasteiger partial charge in [-0.2, -0.15) is 5.10 Å². The summed E-state index contributed by atoms with van der Waals surface area (Å²) in [6.45, 7) is 0.176. The second-order valence-corrected chi connectivity index (χ2v) is 11.2. The highest BCUT2D eigenvalue weighted by Crippen LogP contribution is 2.45. The first-order chi connectivity index (χ1) is 20.7. The zero-order valence-corrected chi connectivity index (χ0v) is 23.7. The Bertz CT molecular complexity index is 1850. The third-order valence-corrected chi connectivity index (χ3v) is 8.31. The molecule has 11 heteroatoms. The highest BCUT2D eigenvalue weighted by atomic mass is 19.3. The fourth-order valence-corrected chi connectivity index (χ4v) is 6.12. The second-order valence-electron chi connectivity index (χ2n) is 11.2. The largest absolute Gasteiger partial charge is 0.370 e. The molecule has 2 aliphatic heterocycles. The van der Waals surface area contributed by atoms with Gasteiger partial charge in [-0.1, -0.05) is 36.4 Å². The predicted molar refractivity (Wildman–Crippen MR) is 156 cm³/mol. The molecule has 43 heavy (non-hydrogen) atoms. The van der Waals surface area contributed by atoms with Crippen molar-refractivity contribution < 1.29 is 22.7 Å². The number of aromatic nitrogens is 4. The van der Waals surface area contributed by atoms with Crippen LogP contribution in [0.4, 0.5) is 24.5 Å². The van der Waals surface area contributed by atoms with Crippen LogP contribution in [-0.2, 0) is 32.0 Å². The molecule has 0 spiro atoms. The number of aryl methyl sites for hydroxylation is 2. The van der Waals surface area contributed by atoms with E-state index in [-0.39, 0.29) is 36.7 Å². The van der Waals surface area contributed by atoms with Gasteiger partial charge in [-0.15, -0.1) is 0 Å². The SMILES string of the molecule is Cn1nc2c(c1COCc1ccccc1)C(c1ccc(N3CCC(F)(F)C3)cc1F)N(c1ccc3c(c1)ncn3C)C2=O. The average molecular weight is 587 g/mol. The van der Waals surface area contributed by atoms with Crippen molar-refractivity contribution in [1.82, 2.24) is 19.3 Å². The van der Waals surface area contributed by atoms with Crippen LogP contribution in [0.3, 0.4) is 0 Å². The van der Waals surface area contributed by atoms with Gasteiger partial charge in [0.05, 0.1) is 48.9 Å². The van der Waals surface area contributed by atoms with E-state index in [1.54, 1.807) is 36.3 Å². The van der Waals surface area contributed by atoms with Crippen molar-refractivity contribution in [3.05, 3.63) is 107 Å². The topological polar surface area (TPSA) is 68.4 Å². The molecule has 2 aliphatic rings. The van der Waals surface area contributed by atoms with Crippen LogP contribution in [0.2, 0.25) is 0 Å². The molecule has 1 fully saturated rings. The number of anilines is 2. The Morgan fingerprint density at radius 1 is 1.00 bits per heavy atom. The number of benzene rings is 3. The molecule has 3 aromatic carbocycles. The number of halogens is 3. The van der Waals surface area contributed by atoms with Gasteiger partial charge in [0, 0.05) is 49.6 Å². The third kappa shape index (κ3) is 4.73. The summed E-state index contributed by atoms with van der Waals surface area (Å²) in [5.74, 6) is -3.78. The van der Waals surface area contributed by atoms with Crippen LogP contribution in [0.25, 0.3) is 11.0 Å². The van der Waals surface area contributed by atoms with Crippen molar-refractivity contribution in [2.75, 3.05) is 22.9 Å². The molecule has 0 saturated carbocycles. The first-order valence-electron chi connectivity index (χ1n) is 14.0. The van der Waals surface area contributed by atoms with E-state index in [0.717, 1.165) is 11.1 Å². The first-order valence-corrected chi connectivity index (χ1v) is 14.0. The van der Waals surface area contributed by atoms with Gasteiger partial charge in [-0.05, 0) is 35.9 Å². The molecule has 1 unspecified atom stereocenters. The number of alkyl halides is 2. The number of hydrogen-bond acceptors (Lipinski definition) is 5. The van der Waals surface area contributed by atoms with Crippen molar-refractivity contribution in [1.29, 1.82) is 0 Å². The Hall–Kier alpha value is -4.64. The zero-order chi connectivity index (χ0) is 29.9. The molecule has 5 aromatic rings. The van der Waals surface area contributed by atoms with Gasteiger partial charge in [0.2, 0.25) is 0 Å². The van der Waals surface area contributed by atoms with E-state index < -0.39 is 24.3 Å². The molecule has 8 nitrogen and oxygen atoms in total. The summed E-state index contributed by atoms with van der Waals surface area (Å²) in [5.41, 5.74) is 5.14. The zero-order valence-electron chi connectivity index (χ0n) is 23.7. The van der Waals surface area contributed by atoms with Gasteiger partial charge in [0.25, 0.3) is 11.8 Å². The summed E-state index contributed by atoms with van der Waals surface area (Å²) in [6.07, 6.45) is 1.42. The number of ether oxygens (including phenoxy) is 1. The smallest absolute Gasteiger partial charge is 0.280 e. The van der Waals surface area contributed by atoms with Crippen molar-refractivity contribution in [3.8, 4) is 0 Å². The van der Waals surface area contributed by atoms with Gasteiger partial charge in [0.15, 0.2) is 5.69 Å². The fourth-order valence-electron chi connectivity index (χ4n) is 6.12. The van der Waals surface area contributed by atoms with Crippen molar-refractivity contribution >= 4 is 28.3 Å². The van der Waals surface area contributed by atoms with Crippen LogP contribution in [0.1, 0.15) is 45.3 Å². The highest BCUT2D eigenvalue weighted by molar-refractivity contribution is 6.11. The molecule has 0 radical (unpaired) electrons. The van der Waals surface area contributed by atoms with E-state index in [1.165, 1.54) is 15.9 Å². The molecule has 0 bridgehead atoms. The van der Waals surface area contributed by atoms with Crippen LogP contribution < -0.4 is 9.80 Å². The number of imidazole rings is 1. The lowest BCUT2D eigenvalue weighted by Crippen LogP contribution is -2.31. The van der Waals surface area contributed by atoms with E-state index in [4.69, 9.17) is 4.74 Å². The fraction of sp³-hybridized carbons (Fsp3) is 0.281. The van der Waals surface area contributed by atoms with E-state index in [9.17, 15) is 13.6 Å². The summed E-state index contributed by atoms with van der Waals surface area (Å²) in [6, 6.07) is 18.8. The maximum Gasteiger partial charge on any atom is 0.280 e. The molecule has 220 valence electrons. The van der Waals surface area contributed by atoms with E-state index in [1.807, 2.05) is 54.1 Å². The van der Waals surface area contributed by atoms with Gasteiger partial charge in [-0.3, -0.25) is 14.4 Å². The van der Waals surface area contributed by atoms with Crippen LogP contribution in [-0.4, -0.2) is 44.3 Å². The van der Waals surface area contributed by atoms with Gasteiger partial charge >= 0.3 is 0 Å². The van der Waals surface area contributed by atoms with Crippen LogP contribution >= 0.6 is 0 Å². The number of amides is 1. The second kappa shape index (κ2) is 10.3. The Morgan fingerprint density at radius 3 is 2.53 bits per heavy atom. The van der Waals surface area contributed by atoms with Gasteiger partial charge in [-0.25, -0.2) is 18.2 Å². The molecule has 4 heterocycles. The number of nitrogens with zero attached hydrogens (tertiary/aromatic N) is 6. The number of carbonyl (C=O) groups is 1. The Kier molecular flexibility index (Phi) is 6.50. The Labute approximate surface area is 245 Å². The molecule has 1 amide bonds. The van der Waals surface area contributed by atoms with E-state index in [2.05, 4.69) is 10.1 Å². The Balaban J connectivity index is 1.30. The first kappa shape index (κ1) is 27.2.